The fourth-order valence-corrected chi connectivity index (χ4v) is 1.79. The highest BCUT2D eigenvalue weighted by molar-refractivity contribution is 5.92. The highest BCUT2D eigenvalue weighted by Crippen LogP contribution is 2.19. The lowest BCUT2D eigenvalue weighted by Gasteiger charge is -2.09. The number of rotatable bonds is 8. The van der Waals surface area contributed by atoms with E-state index in [4.69, 9.17) is 19.7 Å². The summed E-state index contributed by atoms with van der Waals surface area (Å²) in [4.78, 5) is 27.0. The van der Waals surface area contributed by atoms with Crippen LogP contribution in [0.25, 0.3) is 0 Å². The molecule has 1 heterocycles. The van der Waals surface area contributed by atoms with Crippen molar-refractivity contribution in [2.24, 2.45) is 5.73 Å². The summed E-state index contributed by atoms with van der Waals surface area (Å²) >= 11 is 0. The summed E-state index contributed by atoms with van der Waals surface area (Å²) in [5.74, 6) is -0.252. The molecule has 0 aliphatic heterocycles. The lowest BCUT2D eigenvalue weighted by molar-refractivity contribution is -0.119. The van der Waals surface area contributed by atoms with Gasteiger partial charge >= 0.3 is 5.97 Å². The van der Waals surface area contributed by atoms with E-state index in [0.29, 0.717) is 12.2 Å². The van der Waals surface area contributed by atoms with Crippen molar-refractivity contribution in [2.45, 2.75) is 26.4 Å². The second-order valence-corrected chi connectivity index (χ2v) is 4.68. The second-order valence-electron chi connectivity index (χ2n) is 4.68. The molecule has 0 aliphatic carbocycles. The summed E-state index contributed by atoms with van der Waals surface area (Å²) in [6, 6.07) is 6.39. The fourth-order valence-electron chi connectivity index (χ4n) is 1.79. The van der Waals surface area contributed by atoms with Crippen LogP contribution in [-0.4, -0.2) is 28.6 Å². The molecule has 1 amide bonds. The zero-order chi connectivity index (χ0) is 16.7. The minimum absolute atomic E-state index is 0.139. The molecule has 0 spiro atoms. The number of carbonyl (C=O) groups excluding carboxylic acids is 2. The van der Waals surface area contributed by atoms with Gasteiger partial charge in [-0.2, -0.15) is 4.98 Å². The Bertz CT molecular complexity index is 683. The largest absolute Gasteiger partial charge is 0.483 e. The third kappa shape index (κ3) is 4.80. The normalized spacial score (nSPS) is 10.3. The number of esters is 1. The van der Waals surface area contributed by atoms with Gasteiger partial charge in [-0.1, -0.05) is 24.2 Å². The molecular formula is C15H17N3O5. The quantitative estimate of drug-likeness (QED) is 0.727. The van der Waals surface area contributed by atoms with Crippen molar-refractivity contribution in [1.29, 1.82) is 0 Å². The lowest BCUT2D eigenvalue weighted by atomic mass is 10.2. The number of aryl methyl sites for hydroxylation is 1. The number of hydrogen-bond acceptors (Lipinski definition) is 7. The van der Waals surface area contributed by atoms with Crippen molar-refractivity contribution in [3.8, 4) is 5.75 Å². The maximum Gasteiger partial charge on any atom is 0.342 e. The lowest BCUT2D eigenvalue weighted by Crippen LogP contribution is -2.21. The second kappa shape index (κ2) is 7.92. The summed E-state index contributed by atoms with van der Waals surface area (Å²) in [5.41, 5.74) is 5.20. The first-order valence-electron chi connectivity index (χ1n) is 7.09. The van der Waals surface area contributed by atoms with Crippen LogP contribution in [0.15, 0.2) is 28.8 Å². The van der Waals surface area contributed by atoms with Gasteiger partial charge in [0.1, 0.15) is 11.3 Å². The van der Waals surface area contributed by atoms with E-state index in [1.807, 2.05) is 6.92 Å². The van der Waals surface area contributed by atoms with E-state index in [-0.39, 0.29) is 30.4 Å². The number of ether oxygens (including phenoxy) is 2. The Kier molecular flexibility index (Phi) is 5.67. The average molecular weight is 319 g/mol. The Morgan fingerprint density at radius 2 is 2.09 bits per heavy atom. The predicted octanol–water partition coefficient (Wildman–Crippen LogP) is 1.24. The van der Waals surface area contributed by atoms with Gasteiger partial charge in [-0.3, -0.25) is 4.79 Å². The molecule has 8 heteroatoms. The highest BCUT2D eigenvalue weighted by atomic mass is 16.6. The van der Waals surface area contributed by atoms with Crippen molar-refractivity contribution in [1.82, 2.24) is 10.1 Å². The molecule has 8 nitrogen and oxygen atoms in total. The maximum absolute atomic E-state index is 12.1. The molecule has 0 saturated heterocycles. The fraction of sp³-hybridized carbons (Fsp3) is 0.333. The maximum atomic E-state index is 12.1. The molecule has 23 heavy (non-hydrogen) atoms. The molecular weight excluding hydrogens is 302 g/mol. The van der Waals surface area contributed by atoms with Crippen molar-refractivity contribution in [3.63, 3.8) is 0 Å². The summed E-state index contributed by atoms with van der Waals surface area (Å²) in [6.45, 7) is 1.53. The molecule has 0 unspecified atom stereocenters. The Balaban J connectivity index is 1.98. The smallest absolute Gasteiger partial charge is 0.342 e. The standard InChI is InChI=1S/C15H17N3O5/c1-2-5-13-17-14(23-18-13)9-22-15(20)10-6-3-4-7-11(10)21-8-12(16)19/h3-4,6-7H,2,5,8-9H2,1H3,(H2,16,19). The Morgan fingerprint density at radius 1 is 1.30 bits per heavy atom. The van der Waals surface area contributed by atoms with E-state index in [1.165, 1.54) is 6.07 Å². The number of amides is 1. The van der Waals surface area contributed by atoms with E-state index in [1.54, 1.807) is 18.2 Å². The first kappa shape index (κ1) is 16.5. The van der Waals surface area contributed by atoms with Gasteiger partial charge in [0.15, 0.2) is 19.0 Å². The monoisotopic (exact) mass is 319 g/mol. The molecule has 122 valence electrons. The summed E-state index contributed by atoms with van der Waals surface area (Å²) in [6.07, 6.45) is 1.59. The first-order chi connectivity index (χ1) is 11.1. The van der Waals surface area contributed by atoms with Crippen LogP contribution in [0.3, 0.4) is 0 Å². The number of benzene rings is 1. The van der Waals surface area contributed by atoms with Crippen LogP contribution in [0.2, 0.25) is 0 Å². The topological polar surface area (TPSA) is 118 Å². The zero-order valence-corrected chi connectivity index (χ0v) is 12.7. The third-order valence-corrected chi connectivity index (χ3v) is 2.79. The van der Waals surface area contributed by atoms with Gasteiger partial charge in [0, 0.05) is 6.42 Å². The highest BCUT2D eigenvalue weighted by Gasteiger charge is 2.16. The number of aromatic nitrogens is 2. The molecule has 0 atom stereocenters. The van der Waals surface area contributed by atoms with E-state index in [9.17, 15) is 9.59 Å². The van der Waals surface area contributed by atoms with Gasteiger partial charge < -0.3 is 19.7 Å². The Hall–Kier alpha value is -2.90. The van der Waals surface area contributed by atoms with Gasteiger partial charge in [0.2, 0.25) is 0 Å². The van der Waals surface area contributed by atoms with Gasteiger partial charge in [0.25, 0.3) is 11.8 Å². The molecule has 2 N–H and O–H groups in total. The van der Waals surface area contributed by atoms with E-state index >= 15 is 0 Å². The summed E-state index contributed by atoms with van der Waals surface area (Å²) in [5, 5.41) is 3.77. The molecule has 0 bridgehead atoms. The third-order valence-electron chi connectivity index (χ3n) is 2.79. The van der Waals surface area contributed by atoms with Crippen LogP contribution in [0.5, 0.6) is 5.75 Å². The van der Waals surface area contributed by atoms with Crippen molar-refractivity contribution < 1.29 is 23.6 Å². The molecule has 0 radical (unpaired) electrons. The summed E-state index contributed by atoms with van der Waals surface area (Å²) in [7, 11) is 0. The van der Waals surface area contributed by atoms with Gasteiger partial charge in [-0.15, -0.1) is 0 Å². The number of carbonyl (C=O) groups is 2. The Labute approximate surface area is 132 Å². The van der Waals surface area contributed by atoms with E-state index in [0.717, 1.165) is 6.42 Å². The van der Waals surface area contributed by atoms with Crippen LogP contribution in [-0.2, 0) is 22.6 Å². The molecule has 0 saturated carbocycles. The van der Waals surface area contributed by atoms with Crippen LogP contribution in [0.1, 0.15) is 35.4 Å². The zero-order valence-electron chi connectivity index (χ0n) is 12.7. The predicted molar refractivity (Wildman–Crippen MR) is 78.5 cm³/mol. The molecule has 2 rings (SSSR count). The van der Waals surface area contributed by atoms with Crippen molar-refractivity contribution >= 4 is 11.9 Å². The number of nitrogens with two attached hydrogens (primary N) is 1. The van der Waals surface area contributed by atoms with Crippen LogP contribution in [0, 0.1) is 0 Å². The average Bonchev–Trinajstić information content (AvgIpc) is 2.99. The molecule has 0 aliphatic rings. The number of primary amides is 1. The molecule has 1 aromatic heterocycles. The number of hydrogen-bond donors (Lipinski definition) is 1. The molecule has 2 aromatic rings. The van der Waals surface area contributed by atoms with Crippen LogP contribution >= 0.6 is 0 Å². The minimum Gasteiger partial charge on any atom is -0.483 e. The van der Waals surface area contributed by atoms with Gasteiger partial charge in [-0.05, 0) is 18.6 Å². The Morgan fingerprint density at radius 3 is 2.83 bits per heavy atom. The van der Waals surface area contributed by atoms with Crippen molar-refractivity contribution in [2.75, 3.05) is 6.61 Å². The van der Waals surface area contributed by atoms with Crippen LogP contribution in [0.4, 0.5) is 0 Å². The van der Waals surface area contributed by atoms with Crippen molar-refractivity contribution in [3.05, 3.63) is 41.5 Å². The number of para-hydroxylation sites is 1. The van der Waals surface area contributed by atoms with Crippen LogP contribution < -0.4 is 10.5 Å². The number of nitrogens with zero attached hydrogens (tertiary/aromatic N) is 2. The first-order valence-corrected chi connectivity index (χ1v) is 7.09. The minimum atomic E-state index is -0.637. The molecule has 1 aromatic carbocycles. The van der Waals surface area contributed by atoms with Gasteiger partial charge in [-0.25, -0.2) is 4.79 Å². The summed E-state index contributed by atoms with van der Waals surface area (Å²) < 4.78 is 15.3. The SMILES string of the molecule is CCCc1noc(COC(=O)c2ccccc2OCC(N)=O)n1. The van der Waals surface area contributed by atoms with E-state index < -0.39 is 11.9 Å². The van der Waals surface area contributed by atoms with Gasteiger partial charge in [0.05, 0.1) is 0 Å². The van der Waals surface area contributed by atoms with E-state index in [2.05, 4.69) is 10.1 Å². The molecule has 0 fully saturated rings.